The zero-order chi connectivity index (χ0) is 20.5. The van der Waals surface area contributed by atoms with E-state index in [2.05, 4.69) is 46.1 Å². The Hall–Kier alpha value is -2.60. The average Bonchev–Trinajstić information content (AvgIpc) is 3.22. The van der Waals surface area contributed by atoms with Crippen molar-refractivity contribution in [2.75, 3.05) is 6.54 Å². The topological polar surface area (TPSA) is 41.9 Å². The minimum atomic E-state index is 0.723. The van der Waals surface area contributed by atoms with Gasteiger partial charge in [0, 0.05) is 65.0 Å². The summed E-state index contributed by atoms with van der Waals surface area (Å²) >= 11 is 7.77. The molecule has 0 atom stereocenters. The lowest BCUT2D eigenvalue weighted by atomic mass is 10.1. The van der Waals surface area contributed by atoms with Crippen molar-refractivity contribution in [2.24, 2.45) is 0 Å². The molecule has 3 heterocycles. The van der Waals surface area contributed by atoms with Gasteiger partial charge in [-0.15, -0.1) is 11.3 Å². The maximum absolute atomic E-state index is 5.99. The van der Waals surface area contributed by atoms with Crippen LogP contribution in [0.5, 0.6) is 0 Å². The van der Waals surface area contributed by atoms with Crippen molar-refractivity contribution in [3.05, 3.63) is 87.6 Å². The predicted molar refractivity (Wildman–Crippen MR) is 123 cm³/mol. The first-order valence-electron chi connectivity index (χ1n) is 9.99. The molecule has 1 aliphatic heterocycles. The first kappa shape index (κ1) is 19.4. The molecule has 150 valence electrons. The Balaban J connectivity index is 1.30. The molecule has 0 saturated heterocycles. The Labute approximate surface area is 185 Å². The van der Waals surface area contributed by atoms with Crippen LogP contribution in [0.2, 0.25) is 5.02 Å². The van der Waals surface area contributed by atoms with Crippen LogP contribution in [0.3, 0.4) is 0 Å². The smallest absolute Gasteiger partial charge is 0.159 e. The van der Waals surface area contributed by atoms with Gasteiger partial charge in [-0.3, -0.25) is 4.90 Å². The summed E-state index contributed by atoms with van der Waals surface area (Å²) in [6.07, 6.45) is 4.92. The molecule has 0 bridgehead atoms. The molecular formula is C24H21ClN4S. The van der Waals surface area contributed by atoms with Gasteiger partial charge in [0.05, 0.1) is 5.69 Å². The van der Waals surface area contributed by atoms with E-state index in [4.69, 9.17) is 16.6 Å². The zero-order valence-corrected chi connectivity index (χ0v) is 18.2. The van der Waals surface area contributed by atoms with E-state index in [1.54, 1.807) is 11.3 Å². The van der Waals surface area contributed by atoms with E-state index >= 15 is 0 Å². The summed E-state index contributed by atoms with van der Waals surface area (Å²) in [5.41, 5.74) is 5.84. The molecule has 0 N–H and O–H groups in total. The predicted octanol–water partition coefficient (Wildman–Crippen LogP) is 5.79. The second-order valence-electron chi connectivity index (χ2n) is 7.58. The van der Waals surface area contributed by atoms with Crippen molar-refractivity contribution in [3.63, 3.8) is 0 Å². The van der Waals surface area contributed by atoms with Crippen molar-refractivity contribution in [1.82, 2.24) is 19.9 Å². The number of hydrogen-bond donors (Lipinski definition) is 0. The summed E-state index contributed by atoms with van der Waals surface area (Å²) in [5.74, 6) is 0.768. The minimum absolute atomic E-state index is 0.723. The Morgan fingerprint density at radius 2 is 1.87 bits per heavy atom. The second kappa shape index (κ2) is 8.26. The molecule has 0 saturated carbocycles. The van der Waals surface area contributed by atoms with Gasteiger partial charge in [0.15, 0.2) is 5.82 Å². The number of benzene rings is 2. The maximum atomic E-state index is 5.99. The van der Waals surface area contributed by atoms with Gasteiger partial charge in [-0.2, -0.15) is 0 Å². The van der Waals surface area contributed by atoms with Gasteiger partial charge in [-0.25, -0.2) is 15.0 Å². The zero-order valence-electron chi connectivity index (χ0n) is 16.7. The third-order valence-electron chi connectivity index (χ3n) is 5.42. The highest BCUT2D eigenvalue weighted by atomic mass is 35.5. The van der Waals surface area contributed by atoms with Gasteiger partial charge in [-0.1, -0.05) is 35.9 Å². The minimum Gasteiger partial charge on any atom is -0.293 e. The lowest BCUT2D eigenvalue weighted by Crippen LogP contribution is -2.30. The standard InChI is InChI=1S/C24H21ClN4S/c1-16-4-2-3-5-21(16)24-27-13-20(30-24)15-29-11-10-22-18(14-29)12-26-23(28-22)17-6-8-19(25)9-7-17/h2-9,12-13H,10-11,14-15H2,1H3. The Kier molecular flexibility index (Phi) is 5.34. The van der Waals surface area contributed by atoms with Crippen LogP contribution in [0.1, 0.15) is 21.7 Å². The van der Waals surface area contributed by atoms with Crippen LogP contribution < -0.4 is 0 Å². The third-order valence-corrected chi connectivity index (χ3v) is 6.69. The van der Waals surface area contributed by atoms with Crippen LogP contribution in [0, 0.1) is 6.92 Å². The van der Waals surface area contributed by atoms with Crippen molar-refractivity contribution in [1.29, 1.82) is 0 Å². The highest BCUT2D eigenvalue weighted by molar-refractivity contribution is 7.15. The SMILES string of the molecule is Cc1ccccc1-c1ncc(CN2CCc3nc(-c4ccc(Cl)cc4)ncc3C2)s1. The number of hydrogen-bond acceptors (Lipinski definition) is 5. The summed E-state index contributed by atoms with van der Waals surface area (Å²) < 4.78 is 0. The number of aromatic nitrogens is 3. The second-order valence-corrected chi connectivity index (χ2v) is 9.13. The molecule has 6 heteroatoms. The molecule has 4 aromatic rings. The molecular weight excluding hydrogens is 412 g/mol. The van der Waals surface area contributed by atoms with Crippen molar-refractivity contribution in [2.45, 2.75) is 26.4 Å². The normalized spacial score (nSPS) is 13.9. The number of halogens is 1. The molecule has 0 unspecified atom stereocenters. The average molecular weight is 433 g/mol. The first-order valence-corrected chi connectivity index (χ1v) is 11.2. The molecule has 5 rings (SSSR count). The molecule has 0 spiro atoms. The van der Waals surface area contributed by atoms with Gasteiger partial charge in [-0.05, 0) is 36.8 Å². The molecule has 0 fully saturated rings. The highest BCUT2D eigenvalue weighted by Crippen LogP contribution is 2.29. The first-order chi connectivity index (χ1) is 14.7. The van der Waals surface area contributed by atoms with Gasteiger partial charge in [0.25, 0.3) is 0 Å². The van der Waals surface area contributed by atoms with Gasteiger partial charge >= 0.3 is 0 Å². The summed E-state index contributed by atoms with van der Waals surface area (Å²) in [6, 6.07) is 16.1. The fourth-order valence-electron chi connectivity index (χ4n) is 3.79. The maximum Gasteiger partial charge on any atom is 0.159 e. The van der Waals surface area contributed by atoms with Crippen molar-refractivity contribution >= 4 is 22.9 Å². The summed E-state index contributed by atoms with van der Waals surface area (Å²) in [4.78, 5) is 17.8. The number of thiazole rings is 1. The van der Waals surface area contributed by atoms with Crippen LogP contribution in [-0.2, 0) is 19.5 Å². The Morgan fingerprint density at radius 3 is 2.70 bits per heavy atom. The molecule has 0 radical (unpaired) electrons. The highest BCUT2D eigenvalue weighted by Gasteiger charge is 2.20. The molecule has 2 aromatic carbocycles. The van der Waals surface area contributed by atoms with Crippen molar-refractivity contribution in [3.8, 4) is 22.0 Å². The van der Waals surface area contributed by atoms with Crippen molar-refractivity contribution < 1.29 is 0 Å². The Bertz CT molecular complexity index is 1190. The van der Waals surface area contributed by atoms with E-state index in [9.17, 15) is 0 Å². The lowest BCUT2D eigenvalue weighted by Gasteiger charge is -2.27. The van der Waals surface area contributed by atoms with Crippen LogP contribution in [0.15, 0.2) is 60.9 Å². The number of aryl methyl sites for hydroxylation is 1. The molecule has 0 aliphatic carbocycles. The van der Waals surface area contributed by atoms with E-state index in [0.717, 1.165) is 53.2 Å². The molecule has 1 aliphatic rings. The third kappa shape index (κ3) is 4.01. The van der Waals surface area contributed by atoms with Crippen LogP contribution in [0.25, 0.3) is 22.0 Å². The van der Waals surface area contributed by atoms with Crippen LogP contribution >= 0.6 is 22.9 Å². The van der Waals surface area contributed by atoms with E-state index in [1.165, 1.54) is 21.6 Å². The number of fused-ring (bicyclic) bond motifs is 1. The van der Waals surface area contributed by atoms with Gasteiger partial charge < -0.3 is 0 Å². The molecule has 0 amide bonds. The van der Waals surface area contributed by atoms with Gasteiger partial charge in [0.2, 0.25) is 0 Å². The molecule has 30 heavy (non-hydrogen) atoms. The molecule has 4 nitrogen and oxygen atoms in total. The monoisotopic (exact) mass is 432 g/mol. The van der Waals surface area contributed by atoms with E-state index < -0.39 is 0 Å². The summed E-state index contributed by atoms with van der Waals surface area (Å²) in [6.45, 7) is 4.90. The lowest BCUT2D eigenvalue weighted by molar-refractivity contribution is 0.245. The quantitative estimate of drug-likeness (QED) is 0.409. The van der Waals surface area contributed by atoms with E-state index in [1.807, 2.05) is 36.7 Å². The van der Waals surface area contributed by atoms with Crippen LogP contribution in [0.4, 0.5) is 0 Å². The largest absolute Gasteiger partial charge is 0.293 e. The van der Waals surface area contributed by atoms with E-state index in [-0.39, 0.29) is 0 Å². The van der Waals surface area contributed by atoms with Crippen LogP contribution in [-0.4, -0.2) is 26.4 Å². The summed E-state index contributed by atoms with van der Waals surface area (Å²) in [5, 5.41) is 1.82. The fourth-order valence-corrected chi connectivity index (χ4v) is 4.96. The van der Waals surface area contributed by atoms with Gasteiger partial charge in [0.1, 0.15) is 5.01 Å². The number of rotatable bonds is 4. The number of nitrogens with zero attached hydrogens (tertiary/aromatic N) is 4. The molecule has 2 aromatic heterocycles. The van der Waals surface area contributed by atoms with E-state index in [0.29, 0.717) is 0 Å². The Morgan fingerprint density at radius 1 is 1.03 bits per heavy atom. The summed E-state index contributed by atoms with van der Waals surface area (Å²) in [7, 11) is 0. The fraction of sp³-hybridized carbons (Fsp3) is 0.208.